The third-order valence-corrected chi connectivity index (χ3v) is 10.7. The lowest BCUT2D eigenvalue weighted by Crippen LogP contribution is -2.51. The van der Waals surface area contributed by atoms with Crippen molar-refractivity contribution in [1.29, 1.82) is 0 Å². The lowest BCUT2D eigenvalue weighted by Gasteiger charge is -2.39. The molecule has 3 saturated heterocycles. The van der Waals surface area contributed by atoms with E-state index in [1.54, 1.807) is 0 Å². The number of fused-ring (bicyclic) bond motifs is 1. The van der Waals surface area contributed by atoms with E-state index in [4.69, 9.17) is 16.3 Å². The first-order chi connectivity index (χ1) is 22.5. The van der Waals surface area contributed by atoms with Crippen LogP contribution in [0.3, 0.4) is 0 Å². The van der Waals surface area contributed by atoms with Crippen LogP contribution in [-0.4, -0.2) is 107 Å². The highest BCUT2D eigenvalue weighted by Crippen LogP contribution is 2.33. The summed E-state index contributed by atoms with van der Waals surface area (Å²) >= 11 is 6.54. The quantitative estimate of drug-likeness (QED) is 0.316. The van der Waals surface area contributed by atoms with Gasteiger partial charge in [-0.15, -0.1) is 0 Å². The summed E-state index contributed by atoms with van der Waals surface area (Å²) in [5, 5.41) is 0.656. The topological polar surface area (TPSA) is 99.2 Å². The van der Waals surface area contributed by atoms with Crippen LogP contribution in [0.15, 0.2) is 24.5 Å². The van der Waals surface area contributed by atoms with Gasteiger partial charge in [-0.2, -0.15) is 0 Å². The number of esters is 1. The van der Waals surface area contributed by atoms with Crippen molar-refractivity contribution in [2.45, 2.75) is 66.8 Å². The van der Waals surface area contributed by atoms with Gasteiger partial charge in [0.2, 0.25) is 5.91 Å². The molecule has 3 aliphatic heterocycles. The molecule has 3 atom stereocenters. The highest BCUT2D eigenvalue weighted by Gasteiger charge is 2.42. The summed E-state index contributed by atoms with van der Waals surface area (Å²) in [5.41, 5.74) is 3.92. The molecule has 0 radical (unpaired) electrons. The number of halogens is 1. The van der Waals surface area contributed by atoms with Crippen molar-refractivity contribution in [1.82, 2.24) is 24.7 Å². The van der Waals surface area contributed by atoms with Gasteiger partial charge in [-0.1, -0.05) is 31.5 Å². The van der Waals surface area contributed by atoms with Crippen molar-refractivity contribution in [2.24, 2.45) is 23.7 Å². The average molecular weight is 667 g/mol. The number of benzene rings is 1. The van der Waals surface area contributed by atoms with Crippen LogP contribution < -0.4 is 4.90 Å². The monoisotopic (exact) mass is 666 g/mol. The van der Waals surface area contributed by atoms with Crippen LogP contribution in [0.4, 0.5) is 5.69 Å². The fraction of sp³-hybridized carbons (Fsp3) is 0.639. The second-order valence-electron chi connectivity index (χ2n) is 13.9. The van der Waals surface area contributed by atoms with Crippen molar-refractivity contribution in [3.05, 3.63) is 52.1 Å². The normalized spacial score (nSPS) is 21.2. The van der Waals surface area contributed by atoms with E-state index in [1.807, 2.05) is 69.5 Å². The van der Waals surface area contributed by atoms with Crippen LogP contribution in [0.1, 0.15) is 67.3 Å². The van der Waals surface area contributed by atoms with E-state index in [9.17, 15) is 14.4 Å². The molecule has 1 aromatic carbocycles. The fourth-order valence-electron chi connectivity index (χ4n) is 7.78. The van der Waals surface area contributed by atoms with Crippen molar-refractivity contribution in [3.8, 4) is 0 Å². The Bertz CT molecular complexity index is 1410. The second kappa shape index (κ2) is 15.4. The average Bonchev–Trinajstić information content (AvgIpc) is 3.60. The van der Waals surface area contributed by atoms with Crippen molar-refractivity contribution in [3.63, 3.8) is 0 Å². The maximum Gasteiger partial charge on any atom is 0.323 e. The fourth-order valence-corrected chi connectivity index (χ4v) is 7.96. The van der Waals surface area contributed by atoms with E-state index in [1.165, 1.54) is 6.33 Å². The molecule has 0 N–H and O–H groups in total. The molecule has 11 heteroatoms. The minimum absolute atomic E-state index is 0.0407. The summed E-state index contributed by atoms with van der Waals surface area (Å²) in [6, 6.07) is 5.60. The van der Waals surface area contributed by atoms with Crippen LogP contribution >= 0.6 is 11.6 Å². The van der Waals surface area contributed by atoms with E-state index >= 15 is 0 Å². The minimum atomic E-state index is -0.288. The van der Waals surface area contributed by atoms with Gasteiger partial charge >= 0.3 is 5.97 Å². The van der Waals surface area contributed by atoms with E-state index in [2.05, 4.69) is 19.8 Å². The SMILES string of the molecule is CCOC(=O)C(C(C)C)N1CCC(C(=O)N(CCCN2CC3CN(C(=O)c4c(C)ncnc4C)CC3C2)c2ccc(C)c(Cl)c2)CC1. The van der Waals surface area contributed by atoms with Gasteiger partial charge in [-0.05, 0) is 102 Å². The molecule has 4 heterocycles. The molecule has 5 rings (SSSR count). The molecule has 0 saturated carbocycles. The molecule has 0 aliphatic carbocycles. The molecule has 1 aromatic heterocycles. The van der Waals surface area contributed by atoms with Gasteiger partial charge < -0.3 is 19.4 Å². The highest BCUT2D eigenvalue weighted by molar-refractivity contribution is 6.31. The molecular weight excluding hydrogens is 616 g/mol. The molecule has 2 amide bonds. The first kappa shape index (κ1) is 35.2. The largest absolute Gasteiger partial charge is 0.465 e. The number of carbonyl (C=O) groups is 3. The number of likely N-dealkylation sites (tertiary alicyclic amines) is 3. The Balaban J connectivity index is 1.17. The van der Waals surface area contributed by atoms with Crippen molar-refractivity contribution >= 4 is 35.1 Å². The summed E-state index contributed by atoms with van der Waals surface area (Å²) in [6.45, 7) is 18.3. The molecule has 2 aromatic rings. The van der Waals surface area contributed by atoms with Gasteiger partial charge in [-0.25, -0.2) is 9.97 Å². The number of aryl methyl sites for hydroxylation is 3. The number of amides is 2. The molecule has 0 spiro atoms. The van der Waals surface area contributed by atoms with Gasteiger partial charge in [0, 0.05) is 49.4 Å². The van der Waals surface area contributed by atoms with Gasteiger partial charge in [0.05, 0.1) is 23.6 Å². The zero-order valence-electron chi connectivity index (χ0n) is 28.9. The van der Waals surface area contributed by atoms with E-state index in [0.29, 0.717) is 61.5 Å². The third-order valence-electron chi connectivity index (χ3n) is 10.3. The van der Waals surface area contributed by atoms with Crippen LogP contribution in [0.5, 0.6) is 0 Å². The third kappa shape index (κ3) is 7.98. The predicted octanol–water partition coefficient (Wildman–Crippen LogP) is 4.78. The molecule has 3 unspecified atom stereocenters. The lowest BCUT2D eigenvalue weighted by atomic mass is 9.91. The maximum atomic E-state index is 14.1. The molecule has 3 fully saturated rings. The van der Waals surface area contributed by atoms with Crippen LogP contribution in [0.25, 0.3) is 0 Å². The van der Waals surface area contributed by atoms with E-state index < -0.39 is 0 Å². The molecule has 0 bridgehead atoms. The van der Waals surface area contributed by atoms with Gasteiger partial charge in [-0.3, -0.25) is 19.3 Å². The van der Waals surface area contributed by atoms with Gasteiger partial charge in [0.15, 0.2) is 0 Å². The Kier molecular flexibility index (Phi) is 11.6. The smallest absolute Gasteiger partial charge is 0.323 e. The van der Waals surface area contributed by atoms with Gasteiger partial charge in [0.25, 0.3) is 5.91 Å². The van der Waals surface area contributed by atoms with Crippen LogP contribution in [0, 0.1) is 44.4 Å². The first-order valence-electron chi connectivity index (χ1n) is 17.3. The summed E-state index contributed by atoms with van der Waals surface area (Å²) in [4.78, 5) is 57.2. The number of aromatic nitrogens is 2. The molecule has 47 heavy (non-hydrogen) atoms. The zero-order chi connectivity index (χ0) is 33.8. The summed E-state index contributed by atoms with van der Waals surface area (Å²) in [5.74, 6) is 0.916. The number of nitrogens with zero attached hydrogens (tertiary/aromatic N) is 6. The second-order valence-corrected chi connectivity index (χ2v) is 14.3. The Morgan fingerprint density at radius 1 is 1.00 bits per heavy atom. The summed E-state index contributed by atoms with van der Waals surface area (Å²) in [6.07, 6.45) is 3.77. The Hall–Kier alpha value is -3.08. The molecular formula is C36H51ClN6O4. The molecule has 10 nitrogen and oxygen atoms in total. The van der Waals surface area contributed by atoms with Crippen molar-refractivity contribution in [2.75, 3.05) is 63.9 Å². The summed E-state index contributed by atoms with van der Waals surface area (Å²) in [7, 11) is 0. The number of hydrogen-bond donors (Lipinski definition) is 0. The number of rotatable bonds is 11. The Labute approximate surface area is 284 Å². The Morgan fingerprint density at radius 2 is 1.64 bits per heavy atom. The molecule has 256 valence electrons. The van der Waals surface area contributed by atoms with Gasteiger partial charge in [0.1, 0.15) is 12.4 Å². The number of hydrogen-bond acceptors (Lipinski definition) is 8. The maximum absolute atomic E-state index is 14.1. The predicted molar refractivity (Wildman–Crippen MR) is 184 cm³/mol. The number of anilines is 1. The first-order valence-corrected chi connectivity index (χ1v) is 17.6. The lowest BCUT2D eigenvalue weighted by molar-refractivity contribution is -0.152. The standard InChI is InChI=1S/C36H51ClN6O4/c1-7-47-36(46)33(23(2)3)41-15-11-27(12-16-41)34(44)43(30-10-9-24(4)31(37)17-30)14-8-13-40-18-28-20-42(21-29(28)19-40)35(45)32-25(5)38-22-39-26(32)6/h9-10,17,22-23,27-29,33H,7-8,11-16,18-21H2,1-6H3. The van der Waals surface area contributed by atoms with E-state index in [0.717, 1.165) is 61.8 Å². The zero-order valence-corrected chi connectivity index (χ0v) is 29.6. The number of ether oxygens (including phenoxy) is 1. The van der Waals surface area contributed by atoms with Crippen LogP contribution in [0.2, 0.25) is 5.02 Å². The Morgan fingerprint density at radius 3 is 2.21 bits per heavy atom. The minimum Gasteiger partial charge on any atom is -0.465 e. The molecule has 3 aliphatic rings. The summed E-state index contributed by atoms with van der Waals surface area (Å²) < 4.78 is 5.37. The number of piperidine rings is 1. The number of carbonyl (C=O) groups excluding carboxylic acids is 3. The highest BCUT2D eigenvalue weighted by atomic mass is 35.5. The van der Waals surface area contributed by atoms with Crippen LogP contribution in [-0.2, 0) is 14.3 Å². The van der Waals surface area contributed by atoms with E-state index in [-0.39, 0.29) is 35.7 Å². The van der Waals surface area contributed by atoms with Crippen molar-refractivity contribution < 1.29 is 19.1 Å².